The molecular formula is C24H30F3N3O4S2. The Labute approximate surface area is 213 Å². The number of carbonyl (C=O) groups excluding carboxylic acids is 1. The van der Waals surface area contributed by atoms with Gasteiger partial charge in [-0.25, -0.2) is 8.42 Å². The van der Waals surface area contributed by atoms with E-state index in [0.717, 1.165) is 47.8 Å². The van der Waals surface area contributed by atoms with Gasteiger partial charge in [0.05, 0.1) is 29.3 Å². The van der Waals surface area contributed by atoms with Crippen LogP contribution in [0.2, 0.25) is 0 Å². The van der Waals surface area contributed by atoms with Crippen LogP contribution in [0.1, 0.15) is 68.3 Å². The summed E-state index contributed by atoms with van der Waals surface area (Å²) >= 11 is 1.32. The second-order valence-corrected chi connectivity index (χ2v) is 12.5. The van der Waals surface area contributed by atoms with Gasteiger partial charge in [-0.3, -0.25) is 9.48 Å². The number of sulfonamides is 1. The van der Waals surface area contributed by atoms with Crippen LogP contribution in [0.15, 0.2) is 34.2 Å². The predicted molar refractivity (Wildman–Crippen MR) is 129 cm³/mol. The van der Waals surface area contributed by atoms with Gasteiger partial charge in [0, 0.05) is 28.5 Å². The van der Waals surface area contributed by atoms with Gasteiger partial charge in [-0.1, -0.05) is 12.8 Å². The van der Waals surface area contributed by atoms with E-state index >= 15 is 0 Å². The zero-order valence-electron chi connectivity index (χ0n) is 20.3. The van der Waals surface area contributed by atoms with Crippen molar-refractivity contribution in [1.82, 2.24) is 14.1 Å². The van der Waals surface area contributed by atoms with Crippen LogP contribution < -0.4 is 0 Å². The molecule has 2 aromatic rings. The fraction of sp³-hybridized carbons (Fsp3) is 0.583. The summed E-state index contributed by atoms with van der Waals surface area (Å²) in [4.78, 5) is 11.9. The second-order valence-electron chi connectivity index (χ2n) is 9.15. The van der Waals surface area contributed by atoms with Crippen molar-refractivity contribution >= 4 is 27.8 Å². The molecule has 36 heavy (non-hydrogen) atoms. The lowest BCUT2D eigenvalue weighted by atomic mass is 9.93. The second kappa shape index (κ2) is 10.7. The van der Waals surface area contributed by atoms with Crippen molar-refractivity contribution in [2.45, 2.75) is 85.7 Å². The van der Waals surface area contributed by atoms with E-state index in [1.165, 1.54) is 35.8 Å². The van der Waals surface area contributed by atoms with E-state index in [1.54, 1.807) is 6.92 Å². The number of aromatic nitrogens is 2. The summed E-state index contributed by atoms with van der Waals surface area (Å²) in [6.07, 6.45) is 2.50. The quantitative estimate of drug-likeness (QED) is 0.425. The van der Waals surface area contributed by atoms with Gasteiger partial charge in [-0.2, -0.15) is 22.6 Å². The molecule has 0 aliphatic heterocycles. The number of hydrogen-bond donors (Lipinski definition) is 0. The van der Waals surface area contributed by atoms with Crippen LogP contribution in [0, 0.1) is 0 Å². The average Bonchev–Trinajstić information content (AvgIpc) is 3.48. The molecule has 2 aliphatic rings. The van der Waals surface area contributed by atoms with Gasteiger partial charge in [0.15, 0.2) is 0 Å². The fourth-order valence-electron chi connectivity index (χ4n) is 4.92. The lowest BCUT2D eigenvalue weighted by Crippen LogP contribution is -2.33. The van der Waals surface area contributed by atoms with Crippen LogP contribution in [0.4, 0.5) is 13.2 Å². The molecule has 1 aromatic carbocycles. The maximum Gasteiger partial charge on any atom is 0.416 e. The standard InChI is InChI=1S/C24H30F3N3O4S2/c1-3-34-23(31)15-30-22-10-6-9-21(20(22)14-28-30)29(2)36(32,33)19-12-16(24(25,26)27)11-18(13-19)35-17-7-4-5-8-17/h11-14,17,21H,3-10,15H2,1-2H3. The summed E-state index contributed by atoms with van der Waals surface area (Å²) in [6.45, 7) is 1.86. The third-order valence-corrected chi connectivity index (χ3v) is 9.90. The number of benzene rings is 1. The van der Waals surface area contributed by atoms with E-state index in [4.69, 9.17) is 4.74 Å². The zero-order chi connectivity index (χ0) is 26.1. The van der Waals surface area contributed by atoms with Gasteiger partial charge in [0.2, 0.25) is 10.0 Å². The monoisotopic (exact) mass is 545 g/mol. The lowest BCUT2D eigenvalue weighted by Gasteiger charge is -2.31. The highest BCUT2D eigenvalue weighted by atomic mass is 32.2. The molecule has 12 heteroatoms. The number of esters is 1. The Kier molecular flexibility index (Phi) is 8.06. The number of fused-ring (bicyclic) bond motifs is 1. The van der Waals surface area contributed by atoms with Gasteiger partial charge in [-0.05, 0) is 57.2 Å². The lowest BCUT2D eigenvalue weighted by molar-refractivity contribution is -0.144. The first kappa shape index (κ1) is 27.0. The van der Waals surface area contributed by atoms with Crippen molar-refractivity contribution in [2.75, 3.05) is 13.7 Å². The first-order chi connectivity index (χ1) is 17.0. The number of thioether (sulfide) groups is 1. The summed E-state index contributed by atoms with van der Waals surface area (Å²) in [5.74, 6) is -0.442. The SMILES string of the molecule is CCOC(=O)Cn1ncc2c1CCCC2N(C)S(=O)(=O)c1cc(SC2CCCC2)cc(C(F)(F)F)c1. The highest BCUT2D eigenvalue weighted by molar-refractivity contribution is 8.00. The third-order valence-electron chi connectivity index (χ3n) is 6.74. The molecule has 1 heterocycles. The third kappa shape index (κ3) is 5.75. The van der Waals surface area contributed by atoms with Crippen molar-refractivity contribution in [1.29, 1.82) is 0 Å². The molecule has 1 fully saturated rings. The Balaban J connectivity index is 1.65. The zero-order valence-corrected chi connectivity index (χ0v) is 21.9. The normalized spacial score (nSPS) is 19.0. The average molecular weight is 546 g/mol. The number of nitrogens with zero attached hydrogens (tertiary/aromatic N) is 3. The molecule has 1 unspecified atom stereocenters. The molecule has 0 bridgehead atoms. The Bertz CT molecular complexity index is 1210. The molecular weight excluding hydrogens is 515 g/mol. The van der Waals surface area contributed by atoms with Crippen LogP contribution in [-0.2, 0) is 38.7 Å². The van der Waals surface area contributed by atoms with E-state index < -0.39 is 33.8 Å². The minimum atomic E-state index is -4.67. The number of hydrogen-bond acceptors (Lipinski definition) is 6. The van der Waals surface area contributed by atoms with Gasteiger partial charge < -0.3 is 4.74 Å². The Morgan fingerprint density at radius 3 is 2.58 bits per heavy atom. The first-order valence-corrected chi connectivity index (χ1v) is 14.4. The molecule has 0 radical (unpaired) electrons. The van der Waals surface area contributed by atoms with Crippen molar-refractivity contribution in [3.63, 3.8) is 0 Å². The van der Waals surface area contributed by atoms with Crippen molar-refractivity contribution in [3.8, 4) is 0 Å². The Hall–Kier alpha value is -2.05. The maximum atomic E-state index is 13.7. The van der Waals surface area contributed by atoms with Crippen molar-refractivity contribution in [3.05, 3.63) is 41.2 Å². The summed E-state index contributed by atoms with van der Waals surface area (Å²) < 4.78 is 76.0. The van der Waals surface area contributed by atoms with Crippen molar-refractivity contribution in [2.24, 2.45) is 0 Å². The molecule has 0 N–H and O–H groups in total. The number of carbonyl (C=O) groups is 1. The van der Waals surface area contributed by atoms with E-state index in [9.17, 15) is 26.4 Å². The summed E-state index contributed by atoms with van der Waals surface area (Å²) in [7, 11) is -2.86. The highest BCUT2D eigenvalue weighted by Crippen LogP contribution is 2.41. The van der Waals surface area contributed by atoms with Crippen LogP contribution in [0.5, 0.6) is 0 Å². The Morgan fingerprint density at radius 1 is 1.19 bits per heavy atom. The summed E-state index contributed by atoms with van der Waals surface area (Å²) in [5, 5.41) is 4.46. The smallest absolute Gasteiger partial charge is 0.416 e. The molecule has 0 saturated heterocycles. The van der Waals surface area contributed by atoms with Crippen LogP contribution in [0.3, 0.4) is 0 Å². The van der Waals surface area contributed by atoms with Crippen LogP contribution in [0.25, 0.3) is 0 Å². The topological polar surface area (TPSA) is 81.5 Å². The van der Waals surface area contributed by atoms with Gasteiger partial charge >= 0.3 is 12.1 Å². The van der Waals surface area contributed by atoms with Gasteiger partial charge in [0.1, 0.15) is 6.54 Å². The fourth-order valence-corrected chi connectivity index (χ4v) is 7.78. The summed E-state index contributed by atoms with van der Waals surface area (Å²) in [6, 6.07) is 2.52. The maximum absolute atomic E-state index is 13.7. The van der Waals surface area contributed by atoms with Crippen LogP contribution in [-0.4, -0.2) is 47.4 Å². The predicted octanol–water partition coefficient (Wildman–Crippen LogP) is 5.20. The number of alkyl halides is 3. The molecule has 0 spiro atoms. The molecule has 0 amide bonds. The first-order valence-electron chi connectivity index (χ1n) is 12.1. The largest absolute Gasteiger partial charge is 0.465 e. The van der Waals surface area contributed by atoms with Crippen molar-refractivity contribution < 1.29 is 31.1 Å². The van der Waals surface area contributed by atoms with E-state index in [2.05, 4.69) is 5.10 Å². The molecule has 1 atom stereocenters. The van der Waals surface area contributed by atoms with E-state index in [1.807, 2.05) is 0 Å². The van der Waals surface area contributed by atoms with E-state index in [-0.39, 0.29) is 23.3 Å². The minimum Gasteiger partial charge on any atom is -0.465 e. The number of halogens is 3. The number of ether oxygens (including phenoxy) is 1. The van der Waals surface area contributed by atoms with E-state index in [0.29, 0.717) is 29.7 Å². The number of rotatable bonds is 8. The van der Waals surface area contributed by atoms with Gasteiger partial charge in [0.25, 0.3) is 0 Å². The molecule has 7 nitrogen and oxygen atoms in total. The minimum absolute atomic E-state index is 0.0816. The molecule has 1 saturated carbocycles. The summed E-state index contributed by atoms with van der Waals surface area (Å²) in [5.41, 5.74) is 0.427. The molecule has 1 aromatic heterocycles. The molecule has 198 valence electrons. The highest BCUT2D eigenvalue weighted by Gasteiger charge is 2.37. The van der Waals surface area contributed by atoms with Gasteiger partial charge in [-0.15, -0.1) is 11.8 Å². The molecule has 4 rings (SSSR count). The van der Waals surface area contributed by atoms with Crippen LogP contribution >= 0.6 is 11.8 Å². The molecule has 2 aliphatic carbocycles. The Morgan fingerprint density at radius 2 is 1.92 bits per heavy atom.